The zero-order valence-corrected chi connectivity index (χ0v) is 36.0. The average Bonchev–Trinajstić information content (AvgIpc) is 3.17. The molecule has 1 aromatic heterocycles. The van der Waals surface area contributed by atoms with Crippen LogP contribution >= 0.6 is 0 Å². The molecule has 15 nitrogen and oxygen atoms in total. The number of hydrogen-bond donors (Lipinski definition) is 5. The molecule has 1 fully saturated rings. The Balaban J connectivity index is 1.24. The number of benzene rings is 4. The van der Waals surface area contributed by atoms with Crippen molar-refractivity contribution in [2.45, 2.75) is 58.2 Å². The summed E-state index contributed by atoms with van der Waals surface area (Å²) in [6.45, 7) is 12.0. The number of nitrogens with one attached hydrogen (secondary N) is 4. The molecule has 0 spiro atoms. The van der Waals surface area contributed by atoms with Gasteiger partial charge in [0.2, 0.25) is 10.0 Å². The van der Waals surface area contributed by atoms with E-state index in [-0.39, 0.29) is 28.6 Å². The lowest BCUT2D eigenvalue weighted by Gasteiger charge is -2.42. The highest BCUT2D eigenvalue weighted by Gasteiger charge is 2.32. The number of methoxy groups -OCH3 is 2. The zero-order chi connectivity index (χ0) is 43.4. The number of ether oxygens (including phenoxy) is 4. The molecule has 60 heavy (non-hydrogen) atoms. The highest BCUT2D eigenvalue weighted by Crippen LogP contribution is 2.40. The number of nitrogens with zero attached hydrogens (tertiary/aromatic N) is 2. The molecule has 1 unspecified atom stereocenters. The van der Waals surface area contributed by atoms with E-state index < -0.39 is 22.0 Å². The second-order valence-corrected chi connectivity index (χ2v) is 18.0. The molecule has 16 heteroatoms. The van der Waals surface area contributed by atoms with Crippen LogP contribution in [0.15, 0.2) is 85.1 Å². The first-order valence-electron chi connectivity index (χ1n) is 19.4. The van der Waals surface area contributed by atoms with E-state index in [1.54, 1.807) is 42.6 Å². The Hall–Kier alpha value is -6.10. The molecular weight excluding hydrogens is 787 g/mol. The number of sulfonamides is 1. The van der Waals surface area contributed by atoms with Crippen LogP contribution in [0.25, 0.3) is 10.8 Å². The van der Waals surface area contributed by atoms with Crippen LogP contribution in [-0.4, -0.2) is 82.2 Å². The van der Waals surface area contributed by atoms with Crippen molar-refractivity contribution in [3.05, 3.63) is 102 Å². The molecule has 0 saturated carbocycles. The van der Waals surface area contributed by atoms with Crippen molar-refractivity contribution in [1.29, 1.82) is 0 Å². The van der Waals surface area contributed by atoms with Crippen molar-refractivity contribution in [2.24, 2.45) is 5.73 Å². The smallest absolute Gasteiger partial charge is 0.323 e. The van der Waals surface area contributed by atoms with Gasteiger partial charge in [-0.3, -0.25) is 14.4 Å². The van der Waals surface area contributed by atoms with Gasteiger partial charge in [-0.2, -0.15) is 0 Å². The predicted molar refractivity (Wildman–Crippen MR) is 235 cm³/mol. The third-order valence-electron chi connectivity index (χ3n) is 9.96. The number of pyridine rings is 1. The molecule has 4 aromatic carbocycles. The van der Waals surface area contributed by atoms with Crippen LogP contribution in [0.2, 0.25) is 0 Å². The monoisotopic (exact) mass is 839 g/mol. The summed E-state index contributed by atoms with van der Waals surface area (Å²) in [5.74, 6) is 1.69. The standard InChI is InChI=1S/C44H53N7O8S/c1-43(2,3)28-23-34(40(57-7)35(24-28)50-60(8,54)55)48-42(53)47-33-15-16-36(31-12-10-9-11-30(31)33)59-29-17-18-46-38(25-29)49-39(51-19-20-58-44(4,5)26-51)22-27-13-14-32(41(45)52)37(21-27)56-6/h9-18,21,23-25,39,50H,19-20,22,26H2,1-8H3,(H2,45,52)(H,46,49)(H2,47,48,53). The summed E-state index contributed by atoms with van der Waals surface area (Å²) in [6, 6.07) is 23.0. The molecule has 6 rings (SSSR count). The fourth-order valence-corrected chi connectivity index (χ4v) is 7.68. The van der Waals surface area contributed by atoms with E-state index in [1.165, 1.54) is 14.2 Å². The summed E-state index contributed by atoms with van der Waals surface area (Å²) in [6.07, 6.45) is 3.07. The van der Waals surface area contributed by atoms with Crippen LogP contribution in [0.4, 0.5) is 27.7 Å². The Morgan fingerprint density at radius 2 is 1.63 bits per heavy atom. The van der Waals surface area contributed by atoms with Gasteiger partial charge in [0.1, 0.15) is 23.1 Å². The summed E-state index contributed by atoms with van der Waals surface area (Å²) in [4.78, 5) is 32.5. The largest absolute Gasteiger partial charge is 0.496 e. The molecule has 0 aliphatic carbocycles. The normalized spacial score (nSPS) is 14.8. The molecular formula is C44H53N7O8S. The summed E-state index contributed by atoms with van der Waals surface area (Å²) in [5.41, 5.74) is 7.89. The first-order valence-corrected chi connectivity index (χ1v) is 21.3. The molecule has 3 amide bonds. The van der Waals surface area contributed by atoms with Crippen molar-refractivity contribution < 1.29 is 37.0 Å². The minimum absolute atomic E-state index is 0.169. The Morgan fingerprint density at radius 1 is 0.917 bits per heavy atom. The molecule has 1 atom stereocenters. The minimum Gasteiger partial charge on any atom is -0.496 e. The molecule has 1 aliphatic rings. The van der Waals surface area contributed by atoms with E-state index in [1.807, 2.05) is 63.2 Å². The number of anilines is 4. The van der Waals surface area contributed by atoms with E-state index in [0.717, 1.165) is 28.2 Å². The fourth-order valence-electron chi connectivity index (χ4n) is 7.13. The second-order valence-electron chi connectivity index (χ2n) is 16.3. The van der Waals surface area contributed by atoms with Crippen molar-refractivity contribution in [1.82, 2.24) is 9.88 Å². The predicted octanol–water partition coefficient (Wildman–Crippen LogP) is 7.55. The summed E-state index contributed by atoms with van der Waals surface area (Å²) in [5, 5.41) is 10.9. The number of aromatic nitrogens is 1. The molecule has 0 radical (unpaired) electrons. The van der Waals surface area contributed by atoms with E-state index in [4.69, 9.17) is 24.7 Å². The number of fused-ring (bicyclic) bond motifs is 1. The molecule has 318 valence electrons. The number of nitrogens with two attached hydrogens (primary N) is 1. The maximum atomic E-state index is 13.6. The SMILES string of the molecule is COc1cc(CC(Nc2cc(Oc3ccc(NC(=O)Nc4cc(C(C)(C)C)cc(NS(C)(=O)=O)c4OC)c4ccccc34)ccn2)N2CCOC(C)(C)C2)ccc1C(N)=O. The maximum absolute atomic E-state index is 13.6. The van der Waals surface area contributed by atoms with Gasteiger partial charge in [-0.25, -0.2) is 18.2 Å². The van der Waals surface area contributed by atoms with Gasteiger partial charge in [0, 0.05) is 42.5 Å². The molecule has 2 heterocycles. The number of morpholine rings is 1. The lowest BCUT2D eigenvalue weighted by molar-refractivity contribution is -0.0943. The fraction of sp³-hybridized carbons (Fsp3) is 0.341. The van der Waals surface area contributed by atoms with Gasteiger partial charge in [0.15, 0.2) is 5.75 Å². The van der Waals surface area contributed by atoms with Crippen molar-refractivity contribution in [3.8, 4) is 23.0 Å². The van der Waals surface area contributed by atoms with E-state index >= 15 is 0 Å². The van der Waals surface area contributed by atoms with Crippen LogP contribution in [0.3, 0.4) is 0 Å². The minimum atomic E-state index is -3.65. The Kier molecular flexibility index (Phi) is 12.8. The molecule has 1 aliphatic heterocycles. The average molecular weight is 840 g/mol. The van der Waals surface area contributed by atoms with Crippen molar-refractivity contribution in [2.75, 3.05) is 60.8 Å². The quantitative estimate of drug-likeness (QED) is 0.0741. The Labute approximate surface area is 351 Å². The number of primary amides is 1. The number of urea groups is 1. The zero-order valence-electron chi connectivity index (χ0n) is 35.1. The third-order valence-corrected chi connectivity index (χ3v) is 10.6. The maximum Gasteiger partial charge on any atom is 0.323 e. The van der Waals surface area contributed by atoms with Crippen molar-refractivity contribution >= 4 is 55.6 Å². The van der Waals surface area contributed by atoms with E-state index in [0.29, 0.717) is 66.1 Å². The van der Waals surface area contributed by atoms with Gasteiger partial charge in [-0.1, -0.05) is 51.1 Å². The van der Waals surface area contributed by atoms with Crippen molar-refractivity contribution in [3.63, 3.8) is 0 Å². The van der Waals surface area contributed by atoms with E-state index in [9.17, 15) is 18.0 Å². The van der Waals surface area contributed by atoms with Crippen LogP contribution in [0, 0.1) is 0 Å². The highest BCUT2D eigenvalue weighted by atomic mass is 32.2. The highest BCUT2D eigenvalue weighted by molar-refractivity contribution is 7.92. The molecule has 1 saturated heterocycles. The Bertz CT molecular complexity index is 2510. The first kappa shape index (κ1) is 43.5. The number of rotatable bonds is 14. The molecule has 6 N–H and O–H groups in total. The lowest BCUT2D eigenvalue weighted by atomic mass is 9.86. The third kappa shape index (κ3) is 10.7. The van der Waals surface area contributed by atoms with Gasteiger partial charge < -0.3 is 40.6 Å². The van der Waals surface area contributed by atoms with Crippen LogP contribution < -0.4 is 40.6 Å². The van der Waals surface area contributed by atoms with Gasteiger partial charge in [-0.15, -0.1) is 0 Å². The lowest BCUT2D eigenvalue weighted by Crippen LogP contribution is -2.55. The van der Waals surface area contributed by atoms with Gasteiger partial charge in [0.05, 0.1) is 61.5 Å². The van der Waals surface area contributed by atoms with Crippen LogP contribution in [-0.2, 0) is 26.6 Å². The van der Waals surface area contributed by atoms with Gasteiger partial charge in [-0.05, 0) is 72.9 Å². The Morgan fingerprint density at radius 3 is 2.30 bits per heavy atom. The first-order chi connectivity index (χ1) is 28.3. The number of carbonyl (C=O) groups is 2. The molecule has 0 bridgehead atoms. The topological polar surface area (TPSA) is 195 Å². The van der Waals surface area contributed by atoms with E-state index in [2.05, 4.69) is 44.4 Å². The van der Waals surface area contributed by atoms with Crippen LogP contribution in [0.1, 0.15) is 56.1 Å². The number of carbonyl (C=O) groups excluding carboxylic acids is 2. The van der Waals surface area contributed by atoms with Crippen LogP contribution in [0.5, 0.6) is 23.0 Å². The summed E-state index contributed by atoms with van der Waals surface area (Å²) >= 11 is 0. The van der Waals surface area contributed by atoms with Gasteiger partial charge in [0.25, 0.3) is 5.91 Å². The summed E-state index contributed by atoms with van der Waals surface area (Å²) < 4.78 is 50.5. The summed E-state index contributed by atoms with van der Waals surface area (Å²) in [7, 11) is -0.732. The van der Waals surface area contributed by atoms with Gasteiger partial charge >= 0.3 is 6.03 Å². The second kappa shape index (κ2) is 17.6. The number of amides is 3. The number of hydrogen-bond acceptors (Lipinski definition) is 11. The molecule has 5 aromatic rings.